The van der Waals surface area contributed by atoms with Gasteiger partial charge in [-0.15, -0.1) is 0 Å². The van der Waals surface area contributed by atoms with Gasteiger partial charge in [0, 0.05) is 36.9 Å². The van der Waals surface area contributed by atoms with Gasteiger partial charge in [-0.1, -0.05) is 25.5 Å². The van der Waals surface area contributed by atoms with Gasteiger partial charge in [0.05, 0.1) is 7.11 Å². The molecule has 38 heavy (non-hydrogen) atoms. The fraction of sp³-hybridized carbons (Fsp3) is 0.621. The molecule has 2 aromatic rings. The number of aliphatic hydroxyl groups is 1. The molecule has 2 atom stereocenters. The standard InChI is InChI=1S/C29H45N5O4/c1-7-9-22(13-15-35)32-26-23(19(2)31-28(30)33-26)17-21-12-11-20(16-25(21)37-6)18-34-14-8-10-24(34)27(36)38-29(3,4)5/h11-12,16,22,24,35H,7-10,13-15,17-18H2,1-6H3,(H3,30,31,32,33)/t22-,24?/m0/s1. The molecule has 210 valence electrons. The first-order chi connectivity index (χ1) is 18.0. The van der Waals surface area contributed by atoms with Crippen LogP contribution in [0, 0.1) is 6.92 Å². The Kier molecular flexibility index (Phi) is 10.3. The molecule has 4 N–H and O–H groups in total. The van der Waals surface area contributed by atoms with Crippen molar-refractivity contribution in [3.8, 4) is 5.75 Å². The van der Waals surface area contributed by atoms with Gasteiger partial charge in [0.1, 0.15) is 23.2 Å². The Morgan fingerprint density at radius 3 is 2.71 bits per heavy atom. The Labute approximate surface area is 227 Å². The van der Waals surface area contributed by atoms with E-state index in [0.29, 0.717) is 25.2 Å². The van der Waals surface area contributed by atoms with Crippen LogP contribution < -0.4 is 15.8 Å². The van der Waals surface area contributed by atoms with Gasteiger partial charge in [-0.25, -0.2) is 4.98 Å². The maximum Gasteiger partial charge on any atom is 0.323 e. The van der Waals surface area contributed by atoms with Crippen LogP contribution in [0.15, 0.2) is 18.2 Å². The average Bonchev–Trinajstić information content (AvgIpc) is 3.29. The van der Waals surface area contributed by atoms with Gasteiger partial charge in [-0.2, -0.15) is 4.98 Å². The largest absolute Gasteiger partial charge is 0.496 e. The third-order valence-corrected chi connectivity index (χ3v) is 6.83. The highest BCUT2D eigenvalue weighted by Crippen LogP contribution is 2.30. The summed E-state index contributed by atoms with van der Waals surface area (Å²) in [5.41, 5.74) is 9.34. The van der Waals surface area contributed by atoms with Crippen molar-refractivity contribution in [3.05, 3.63) is 40.6 Å². The highest BCUT2D eigenvalue weighted by Gasteiger charge is 2.34. The van der Waals surface area contributed by atoms with E-state index in [0.717, 1.165) is 60.4 Å². The SMILES string of the molecule is CCC[C@@H](CCO)Nc1nc(N)nc(C)c1Cc1ccc(CN2CCCC2C(=O)OC(C)(C)C)cc1OC. The Hall–Kier alpha value is -2.91. The summed E-state index contributed by atoms with van der Waals surface area (Å²) in [6, 6.07) is 6.09. The summed E-state index contributed by atoms with van der Waals surface area (Å²) in [5.74, 6) is 1.55. The minimum atomic E-state index is -0.497. The predicted molar refractivity (Wildman–Crippen MR) is 150 cm³/mol. The van der Waals surface area contributed by atoms with Crippen LogP contribution >= 0.6 is 0 Å². The van der Waals surface area contributed by atoms with Crippen LogP contribution in [0.4, 0.5) is 11.8 Å². The first-order valence-corrected chi connectivity index (χ1v) is 13.7. The van der Waals surface area contributed by atoms with Crippen LogP contribution in [0.1, 0.15) is 82.2 Å². The first-order valence-electron chi connectivity index (χ1n) is 13.7. The number of nitrogens with one attached hydrogen (secondary N) is 1. The molecule has 1 aliphatic heterocycles. The molecule has 1 aliphatic rings. The lowest BCUT2D eigenvalue weighted by Gasteiger charge is -2.27. The first kappa shape index (κ1) is 29.6. The molecule has 3 rings (SSSR count). The van der Waals surface area contributed by atoms with Gasteiger partial charge < -0.3 is 25.6 Å². The molecule has 9 heteroatoms. The van der Waals surface area contributed by atoms with Crippen molar-refractivity contribution in [1.29, 1.82) is 0 Å². The van der Waals surface area contributed by atoms with E-state index in [1.807, 2.05) is 33.8 Å². The molecule has 0 bridgehead atoms. The molecule has 2 heterocycles. The number of aromatic nitrogens is 2. The number of carbonyl (C=O) groups is 1. The molecule has 0 amide bonds. The summed E-state index contributed by atoms with van der Waals surface area (Å²) in [5, 5.41) is 13.0. The zero-order valence-electron chi connectivity index (χ0n) is 23.8. The molecule has 1 fully saturated rings. The molecule has 1 saturated heterocycles. The lowest BCUT2D eigenvalue weighted by Crippen LogP contribution is -2.40. The van der Waals surface area contributed by atoms with E-state index in [1.54, 1.807) is 7.11 Å². The third kappa shape index (κ3) is 8.04. The number of rotatable bonds is 12. The number of likely N-dealkylation sites (tertiary alicyclic amines) is 1. The lowest BCUT2D eigenvalue weighted by atomic mass is 10.0. The summed E-state index contributed by atoms with van der Waals surface area (Å²) in [6.07, 6.45) is 4.90. The molecule has 0 aliphatic carbocycles. The van der Waals surface area contributed by atoms with Gasteiger partial charge in [0.25, 0.3) is 0 Å². The summed E-state index contributed by atoms with van der Waals surface area (Å²) in [7, 11) is 1.67. The number of hydrogen-bond acceptors (Lipinski definition) is 9. The monoisotopic (exact) mass is 527 g/mol. The Morgan fingerprint density at radius 1 is 1.29 bits per heavy atom. The van der Waals surface area contributed by atoms with Crippen LogP contribution in [-0.2, 0) is 22.5 Å². The van der Waals surface area contributed by atoms with Crippen molar-refractivity contribution in [1.82, 2.24) is 14.9 Å². The molecule has 1 aromatic heterocycles. The Morgan fingerprint density at radius 2 is 2.05 bits per heavy atom. The topological polar surface area (TPSA) is 123 Å². The number of esters is 1. The molecule has 0 saturated carbocycles. The van der Waals surface area contributed by atoms with Gasteiger partial charge in [-0.05, 0) is 77.1 Å². The zero-order chi connectivity index (χ0) is 27.9. The van der Waals surface area contributed by atoms with Gasteiger partial charge >= 0.3 is 5.97 Å². The van der Waals surface area contributed by atoms with Crippen molar-refractivity contribution in [2.45, 2.75) is 97.4 Å². The Balaban J connectivity index is 1.81. The number of nitrogens with zero attached hydrogens (tertiary/aromatic N) is 3. The summed E-state index contributed by atoms with van der Waals surface area (Å²) in [6.45, 7) is 11.4. The number of methoxy groups -OCH3 is 1. The normalized spacial score (nSPS) is 16.9. The molecule has 1 unspecified atom stereocenters. The number of aliphatic hydroxyl groups excluding tert-OH is 1. The van der Waals surface area contributed by atoms with Crippen LogP contribution in [0.5, 0.6) is 5.75 Å². The number of carbonyl (C=O) groups excluding carboxylic acids is 1. The van der Waals surface area contributed by atoms with Gasteiger partial charge in [0.15, 0.2) is 0 Å². The van der Waals surface area contributed by atoms with E-state index < -0.39 is 5.60 Å². The van der Waals surface area contributed by atoms with Crippen molar-refractivity contribution in [2.24, 2.45) is 0 Å². The Bertz CT molecular complexity index is 1080. The van der Waals surface area contributed by atoms with E-state index in [2.05, 4.69) is 39.2 Å². The number of ether oxygens (including phenoxy) is 2. The molecule has 0 radical (unpaired) electrons. The number of nitrogens with two attached hydrogens (primary N) is 1. The van der Waals surface area contributed by atoms with E-state index in [1.165, 1.54) is 0 Å². The maximum atomic E-state index is 12.8. The van der Waals surface area contributed by atoms with E-state index in [4.69, 9.17) is 15.2 Å². The fourth-order valence-electron chi connectivity index (χ4n) is 5.05. The number of anilines is 2. The van der Waals surface area contributed by atoms with Crippen LogP contribution in [0.25, 0.3) is 0 Å². The summed E-state index contributed by atoms with van der Waals surface area (Å²) >= 11 is 0. The van der Waals surface area contributed by atoms with Crippen LogP contribution in [0.3, 0.4) is 0 Å². The molecule has 0 spiro atoms. The smallest absolute Gasteiger partial charge is 0.323 e. The average molecular weight is 528 g/mol. The van der Waals surface area contributed by atoms with Crippen molar-refractivity contribution < 1.29 is 19.4 Å². The number of hydrogen-bond donors (Lipinski definition) is 3. The third-order valence-electron chi connectivity index (χ3n) is 6.83. The van der Waals surface area contributed by atoms with E-state index in [-0.39, 0.29) is 30.6 Å². The quantitative estimate of drug-likeness (QED) is 0.348. The predicted octanol–water partition coefficient (Wildman–Crippen LogP) is 4.24. The van der Waals surface area contributed by atoms with Crippen LogP contribution in [-0.4, -0.2) is 63.9 Å². The highest BCUT2D eigenvalue weighted by atomic mass is 16.6. The van der Waals surface area contributed by atoms with Crippen molar-refractivity contribution in [2.75, 3.05) is 31.3 Å². The van der Waals surface area contributed by atoms with E-state index in [9.17, 15) is 9.90 Å². The van der Waals surface area contributed by atoms with Crippen LogP contribution in [0.2, 0.25) is 0 Å². The highest BCUT2D eigenvalue weighted by molar-refractivity contribution is 5.76. The van der Waals surface area contributed by atoms with E-state index >= 15 is 0 Å². The van der Waals surface area contributed by atoms with Crippen molar-refractivity contribution in [3.63, 3.8) is 0 Å². The molecular formula is C29H45N5O4. The molecule has 1 aromatic carbocycles. The maximum absolute atomic E-state index is 12.8. The van der Waals surface area contributed by atoms with Gasteiger partial charge in [-0.3, -0.25) is 9.69 Å². The lowest BCUT2D eigenvalue weighted by molar-refractivity contribution is -0.160. The van der Waals surface area contributed by atoms with Crippen molar-refractivity contribution >= 4 is 17.7 Å². The second-order valence-electron chi connectivity index (χ2n) is 11.1. The number of benzene rings is 1. The minimum Gasteiger partial charge on any atom is -0.496 e. The number of nitrogen functional groups attached to an aromatic ring is 1. The second-order valence-corrected chi connectivity index (χ2v) is 11.1. The summed E-state index contributed by atoms with van der Waals surface area (Å²) in [4.78, 5) is 23.9. The van der Waals surface area contributed by atoms with Gasteiger partial charge in [0.2, 0.25) is 5.95 Å². The fourth-order valence-corrected chi connectivity index (χ4v) is 5.05. The number of aryl methyl sites for hydroxylation is 1. The zero-order valence-corrected chi connectivity index (χ0v) is 23.8. The molecule has 9 nitrogen and oxygen atoms in total. The second kappa shape index (κ2) is 13.2. The summed E-state index contributed by atoms with van der Waals surface area (Å²) < 4.78 is 11.5. The molecular weight excluding hydrogens is 482 g/mol. The minimum absolute atomic E-state index is 0.0973.